The molecule has 0 amide bonds. The summed E-state index contributed by atoms with van der Waals surface area (Å²) in [5, 5.41) is 3.69. The molecule has 2 aliphatic heterocycles. The fourth-order valence-corrected chi connectivity index (χ4v) is 3.84. The third kappa shape index (κ3) is 4.44. The van der Waals surface area contributed by atoms with Crippen LogP contribution >= 0.6 is 0 Å². The Labute approximate surface area is 126 Å². The number of nitrogens with zero attached hydrogens (tertiary/aromatic N) is 2. The molecule has 2 fully saturated rings. The maximum Gasteiger partial charge on any atom is 0.0244 e. The molecule has 2 unspecified atom stereocenters. The average molecular weight is 281 g/mol. The van der Waals surface area contributed by atoms with E-state index in [0.717, 1.165) is 31.0 Å². The Kier molecular flexibility index (Phi) is 6.31. The highest BCUT2D eigenvalue weighted by Crippen LogP contribution is 2.23. The van der Waals surface area contributed by atoms with Crippen molar-refractivity contribution in [1.82, 2.24) is 15.1 Å². The highest BCUT2D eigenvalue weighted by molar-refractivity contribution is 4.88. The van der Waals surface area contributed by atoms with Crippen molar-refractivity contribution in [2.24, 2.45) is 11.8 Å². The Morgan fingerprint density at radius 2 is 1.75 bits per heavy atom. The van der Waals surface area contributed by atoms with Gasteiger partial charge in [-0.15, -0.1) is 0 Å². The van der Waals surface area contributed by atoms with Gasteiger partial charge < -0.3 is 5.32 Å². The smallest absolute Gasteiger partial charge is 0.0244 e. The molecule has 0 radical (unpaired) electrons. The largest absolute Gasteiger partial charge is 0.315 e. The van der Waals surface area contributed by atoms with Crippen LogP contribution in [-0.2, 0) is 0 Å². The van der Waals surface area contributed by atoms with Crippen LogP contribution in [0.4, 0.5) is 0 Å². The van der Waals surface area contributed by atoms with Crippen molar-refractivity contribution in [2.45, 2.75) is 59.0 Å². The van der Waals surface area contributed by atoms with Crippen molar-refractivity contribution in [3.8, 4) is 0 Å². The summed E-state index contributed by atoms with van der Waals surface area (Å²) >= 11 is 0. The van der Waals surface area contributed by atoms with Crippen LogP contribution in [0.15, 0.2) is 0 Å². The Hall–Kier alpha value is -0.120. The number of hydrogen-bond donors (Lipinski definition) is 1. The van der Waals surface area contributed by atoms with Crippen LogP contribution < -0.4 is 5.32 Å². The number of rotatable bonds is 6. The molecule has 2 rings (SSSR count). The van der Waals surface area contributed by atoms with Gasteiger partial charge in [0.15, 0.2) is 0 Å². The molecular weight excluding hydrogens is 246 g/mol. The number of fused-ring (bicyclic) bond motifs is 1. The van der Waals surface area contributed by atoms with Crippen LogP contribution in [0, 0.1) is 11.8 Å². The second-order valence-electron chi connectivity index (χ2n) is 7.54. The molecule has 1 N–H and O–H groups in total. The summed E-state index contributed by atoms with van der Waals surface area (Å²) in [6.07, 6.45) is 4.18. The van der Waals surface area contributed by atoms with E-state index in [2.05, 4.69) is 42.8 Å². The van der Waals surface area contributed by atoms with Gasteiger partial charge in [-0.2, -0.15) is 0 Å². The van der Waals surface area contributed by atoms with Gasteiger partial charge >= 0.3 is 0 Å². The van der Waals surface area contributed by atoms with Crippen LogP contribution in [-0.4, -0.2) is 61.2 Å². The third-order valence-electron chi connectivity index (χ3n) is 4.98. The molecule has 20 heavy (non-hydrogen) atoms. The van der Waals surface area contributed by atoms with Gasteiger partial charge in [-0.05, 0) is 57.3 Å². The first-order valence-corrected chi connectivity index (χ1v) is 8.76. The molecule has 0 aromatic rings. The van der Waals surface area contributed by atoms with Crippen molar-refractivity contribution >= 4 is 0 Å². The Morgan fingerprint density at radius 1 is 1.00 bits per heavy atom. The average Bonchev–Trinajstić information content (AvgIpc) is 2.72. The lowest BCUT2D eigenvalue weighted by Gasteiger charge is -2.35. The minimum absolute atomic E-state index is 0.703. The third-order valence-corrected chi connectivity index (χ3v) is 4.98. The van der Waals surface area contributed by atoms with Crippen LogP contribution in [0.2, 0.25) is 0 Å². The van der Waals surface area contributed by atoms with Crippen LogP contribution in [0.1, 0.15) is 47.0 Å². The summed E-state index contributed by atoms with van der Waals surface area (Å²) in [6, 6.07) is 1.54. The zero-order valence-corrected chi connectivity index (χ0v) is 14.1. The summed E-state index contributed by atoms with van der Waals surface area (Å²) in [5.41, 5.74) is 0. The van der Waals surface area contributed by atoms with E-state index in [1.807, 2.05) is 0 Å². The van der Waals surface area contributed by atoms with E-state index in [1.54, 1.807) is 0 Å². The van der Waals surface area contributed by atoms with Crippen molar-refractivity contribution in [3.05, 3.63) is 0 Å². The van der Waals surface area contributed by atoms with Gasteiger partial charge in [-0.25, -0.2) is 0 Å². The van der Waals surface area contributed by atoms with Crippen molar-refractivity contribution in [1.29, 1.82) is 0 Å². The first kappa shape index (κ1) is 16.3. The molecule has 2 atom stereocenters. The summed E-state index contributed by atoms with van der Waals surface area (Å²) in [4.78, 5) is 5.52. The van der Waals surface area contributed by atoms with E-state index < -0.39 is 0 Å². The van der Waals surface area contributed by atoms with Gasteiger partial charge in [0.25, 0.3) is 0 Å². The minimum atomic E-state index is 0.703. The summed E-state index contributed by atoms with van der Waals surface area (Å²) in [7, 11) is 0. The quantitative estimate of drug-likeness (QED) is 0.807. The standard InChI is InChI=1S/C17H35N3/c1-14(2)11-18-12-17(15(3)4)20-10-6-9-19-8-5-7-16(19)13-20/h14-18H,5-13H2,1-4H3. The van der Waals surface area contributed by atoms with Gasteiger partial charge in [0.05, 0.1) is 0 Å². The maximum absolute atomic E-state index is 3.69. The molecule has 0 aromatic carbocycles. The first-order valence-electron chi connectivity index (χ1n) is 8.76. The van der Waals surface area contributed by atoms with E-state index in [0.29, 0.717) is 6.04 Å². The predicted molar refractivity (Wildman–Crippen MR) is 87.1 cm³/mol. The molecule has 0 saturated carbocycles. The Morgan fingerprint density at radius 3 is 2.45 bits per heavy atom. The van der Waals surface area contributed by atoms with E-state index >= 15 is 0 Å². The highest BCUT2D eigenvalue weighted by Gasteiger charge is 2.32. The fraction of sp³-hybridized carbons (Fsp3) is 1.00. The SMILES string of the molecule is CC(C)CNCC(C(C)C)N1CCCN2CCCC2C1. The fourth-order valence-electron chi connectivity index (χ4n) is 3.84. The van der Waals surface area contributed by atoms with Crippen LogP contribution in [0.25, 0.3) is 0 Å². The van der Waals surface area contributed by atoms with E-state index in [4.69, 9.17) is 0 Å². The molecule has 0 spiro atoms. The number of nitrogens with one attached hydrogen (secondary N) is 1. The van der Waals surface area contributed by atoms with Gasteiger partial charge in [-0.3, -0.25) is 9.80 Å². The van der Waals surface area contributed by atoms with Crippen molar-refractivity contribution in [2.75, 3.05) is 39.3 Å². The molecule has 3 heteroatoms. The second-order valence-corrected chi connectivity index (χ2v) is 7.54. The summed E-state index contributed by atoms with van der Waals surface area (Å²) < 4.78 is 0. The summed E-state index contributed by atoms with van der Waals surface area (Å²) in [5.74, 6) is 1.49. The lowest BCUT2D eigenvalue weighted by molar-refractivity contribution is 0.136. The topological polar surface area (TPSA) is 18.5 Å². The molecule has 0 aromatic heterocycles. The lowest BCUT2D eigenvalue weighted by Crippen LogP contribution is -2.49. The molecule has 118 valence electrons. The zero-order valence-electron chi connectivity index (χ0n) is 14.1. The minimum Gasteiger partial charge on any atom is -0.315 e. The van der Waals surface area contributed by atoms with Gasteiger partial charge in [0.2, 0.25) is 0 Å². The van der Waals surface area contributed by atoms with Crippen LogP contribution in [0.3, 0.4) is 0 Å². The zero-order chi connectivity index (χ0) is 14.5. The lowest BCUT2D eigenvalue weighted by atomic mass is 10.0. The normalized spacial score (nSPS) is 27.0. The highest BCUT2D eigenvalue weighted by atomic mass is 15.3. The van der Waals surface area contributed by atoms with E-state index in [1.165, 1.54) is 45.4 Å². The molecule has 2 saturated heterocycles. The molecular formula is C17H35N3. The molecule has 0 aliphatic carbocycles. The number of hydrogen-bond acceptors (Lipinski definition) is 3. The molecule has 2 aliphatic rings. The molecule has 0 bridgehead atoms. The van der Waals surface area contributed by atoms with Crippen molar-refractivity contribution in [3.63, 3.8) is 0 Å². The second kappa shape index (κ2) is 7.77. The first-order chi connectivity index (χ1) is 9.58. The summed E-state index contributed by atoms with van der Waals surface area (Å²) in [6.45, 7) is 16.9. The van der Waals surface area contributed by atoms with E-state index in [9.17, 15) is 0 Å². The Balaban J connectivity index is 1.90. The molecule has 2 heterocycles. The van der Waals surface area contributed by atoms with Gasteiger partial charge in [-0.1, -0.05) is 27.7 Å². The van der Waals surface area contributed by atoms with E-state index in [-0.39, 0.29) is 0 Å². The molecule has 3 nitrogen and oxygen atoms in total. The predicted octanol–water partition coefficient (Wildman–Crippen LogP) is 2.43. The maximum atomic E-state index is 3.69. The van der Waals surface area contributed by atoms with Crippen molar-refractivity contribution < 1.29 is 0 Å². The van der Waals surface area contributed by atoms with Gasteiger partial charge in [0, 0.05) is 25.2 Å². The van der Waals surface area contributed by atoms with Crippen LogP contribution in [0.5, 0.6) is 0 Å². The van der Waals surface area contributed by atoms with Gasteiger partial charge in [0.1, 0.15) is 0 Å². The monoisotopic (exact) mass is 281 g/mol. The Bertz CT molecular complexity index is 277.